The molecule has 2 aromatic rings. The van der Waals surface area contributed by atoms with Crippen molar-refractivity contribution in [3.8, 4) is 0 Å². The zero-order chi connectivity index (χ0) is 13.0. The summed E-state index contributed by atoms with van der Waals surface area (Å²) in [4.78, 5) is 5.77. The third kappa shape index (κ3) is 3.24. The van der Waals surface area contributed by atoms with Crippen LogP contribution in [0.1, 0.15) is 24.5 Å². The Labute approximate surface area is 110 Å². The lowest BCUT2D eigenvalue weighted by molar-refractivity contribution is 0.523. The molecule has 2 aromatic heterocycles. The average molecular weight is 267 g/mol. The number of pyridine rings is 1. The quantitative estimate of drug-likeness (QED) is 0.879. The first-order chi connectivity index (χ1) is 8.69. The molecule has 2 heterocycles. The summed E-state index contributed by atoms with van der Waals surface area (Å²) < 4.78 is 0. The molecule has 0 spiro atoms. The Morgan fingerprint density at radius 2 is 2.28 bits per heavy atom. The number of nitrogens with one attached hydrogen (secondary N) is 1. The standard InChI is InChI=1S/C11H15ClN6/c1-3-13-10(6-11-15-17-18(2)16-11)9-5-4-8(12)7-14-9/h4-5,7,10,13H,3,6H2,1-2H3. The van der Waals surface area contributed by atoms with Gasteiger partial charge in [0.1, 0.15) is 0 Å². The molecule has 0 radical (unpaired) electrons. The van der Waals surface area contributed by atoms with Gasteiger partial charge in [0.25, 0.3) is 0 Å². The molecule has 1 unspecified atom stereocenters. The zero-order valence-electron chi connectivity index (χ0n) is 10.3. The van der Waals surface area contributed by atoms with E-state index >= 15 is 0 Å². The Morgan fingerprint density at radius 1 is 1.44 bits per heavy atom. The summed E-state index contributed by atoms with van der Waals surface area (Å²) in [6.45, 7) is 2.89. The summed E-state index contributed by atoms with van der Waals surface area (Å²) in [6, 6.07) is 3.81. The third-order valence-corrected chi connectivity index (χ3v) is 2.72. The smallest absolute Gasteiger partial charge is 0.176 e. The highest BCUT2D eigenvalue weighted by Crippen LogP contribution is 2.16. The number of halogens is 1. The van der Waals surface area contributed by atoms with E-state index in [1.165, 1.54) is 4.80 Å². The van der Waals surface area contributed by atoms with Gasteiger partial charge in [-0.2, -0.15) is 4.80 Å². The minimum absolute atomic E-state index is 0.0662. The van der Waals surface area contributed by atoms with E-state index in [9.17, 15) is 0 Å². The molecule has 0 saturated carbocycles. The fraction of sp³-hybridized carbons (Fsp3) is 0.455. The monoisotopic (exact) mass is 266 g/mol. The molecule has 7 heteroatoms. The lowest BCUT2D eigenvalue weighted by Crippen LogP contribution is -2.24. The van der Waals surface area contributed by atoms with Gasteiger partial charge in [0, 0.05) is 12.6 Å². The van der Waals surface area contributed by atoms with E-state index < -0.39 is 0 Å². The molecule has 0 fully saturated rings. The fourth-order valence-electron chi connectivity index (χ4n) is 1.71. The van der Waals surface area contributed by atoms with Crippen LogP contribution in [0, 0.1) is 0 Å². The highest BCUT2D eigenvalue weighted by molar-refractivity contribution is 6.30. The van der Waals surface area contributed by atoms with Gasteiger partial charge in [-0.25, -0.2) is 0 Å². The second-order valence-corrected chi connectivity index (χ2v) is 4.35. The van der Waals surface area contributed by atoms with Crippen LogP contribution in [-0.4, -0.2) is 31.7 Å². The van der Waals surface area contributed by atoms with Gasteiger partial charge < -0.3 is 5.32 Å². The van der Waals surface area contributed by atoms with Crippen molar-refractivity contribution in [2.24, 2.45) is 7.05 Å². The predicted molar refractivity (Wildman–Crippen MR) is 68.2 cm³/mol. The molecular formula is C11H15ClN6. The number of tetrazole rings is 1. The number of nitrogens with zero attached hydrogens (tertiary/aromatic N) is 5. The fourth-order valence-corrected chi connectivity index (χ4v) is 1.82. The van der Waals surface area contributed by atoms with Crippen LogP contribution < -0.4 is 5.32 Å². The van der Waals surface area contributed by atoms with E-state index in [0.29, 0.717) is 17.3 Å². The lowest BCUT2D eigenvalue weighted by Gasteiger charge is -2.15. The van der Waals surface area contributed by atoms with Crippen molar-refractivity contribution in [1.82, 2.24) is 30.5 Å². The Hall–Kier alpha value is -1.53. The number of likely N-dealkylation sites (N-methyl/N-ethyl adjacent to an activating group) is 1. The van der Waals surface area contributed by atoms with Crippen LogP contribution >= 0.6 is 11.6 Å². The SMILES string of the molecule is CCNC(Cc1nnn(C)n1)c1ccc(Cl)cn1. The summed E-state index contributed by atoms with van der Waals surface area (Å²) in [5, 5.41) is 16.0. The van der Waals surface area contributed by atoms with Gasteiger partial charge in [0.2, 0.25) is 0 Å². The molecule has 96 valence electrons. The molecule has 1 N–H and O–H groups in total. The molecular weight excluding hydrogens is 252 g/mol. The molecule has 18 heavy (non-hydrogen) atoms. The van der Waals surface area contributed by atoms with Crippen molar-refractivity contribution in [2.45, 2.75) is 19.4 Å². The number of rotatable bonds is 5. The van der Waals surface area contributed by atoms with E-state index in [1.807, 2.05) is 19.1 Å². The second-order valence-electron chi connectivity index (χ2n) is 3.91. The van der Waals surface area contributed by atoms with E-state index in [2.05, 4.69) is 25.7 Å². The number of hydrogen-bond donors (Lipinski definition) is 1. The molecule has 2 rings (SSSR count). The summed E-state index contributed by atoms with van der Waals surface area (Å²) in [6.07, 6.45) is 2.29. The third-order valence-electron chi connectivity index (χ3n) is 2.49. The summed E-state index contributed by atoms with van der Waals surface area (Å²) >= 11 is 5.84. The van der Waals surface area contributed by atoms with E-state index in [4.69, 9.17) is 11.6 Å². The van der Waals surface area contributed by atoms with Crippen LogP contribution in [-0.2, 0) is 13.5 Å². The first kappa shape index (κ1) is 12.9. The molecule has 0 aliphatic heterocycles. The number of aromatic nitrogens is 5. The minimum Gasteiger partial charge on any atom is -0.309 e. The highest BCUT2D eigenvalue weighted by Gasteiger charge is 2.15. The first-order valence-corrected chi connectivity index (χ1v) is 6.14. The molecule has 0 amide bonds. The summed E-state index contributed by atoms with van der Waals surface area (Å²) in [5.74, 6) is 0.695. The zero-order valence-corrected chi connectivity index (χ0v) is 11.1. The van der Waals surface area contributed by atoms with Crippen LogP contribution in [0.5, 0.6) is 0 Å². The van der Waals surface area contributed by atoms with Crippen molar-refractivity contribution < 1.29 is 0 Å². The topological polar surface area (TPSA) is 68.5 Å². The molecule has 6 nitrogen and oxygen atoms in total. The van der Waals surface area contributed by atoms with Crippen LogP contribution in [0.4, 0.5) is 0 Å². The van der Waals surface area contributed by atoms with Gasteiger partial charge in [-0.05, 0) is 23.9 Å². The van der Waals surface area contributed by atoms with Crippen LogP contribution in [0.25, 0.3) is 0 Å². The van der Waals surface area contributed by atoms with E-state index in [1.54, 1.807) is 13.2 Å². The molecule has 1 atom stereocenters. The number of aryl methyl sites for hydroxylation is 1. The van der Waals surface area contributed by atoms with Gasteiger partial charge >= 0.3 is 0 Å². The van der Waals surface area contributed by atoms with Gasteiger partial charge in [-0.1, -0.05) is 18.5 Å². The van der Waals surface area contributed by atoms with Crippen molar-refractivity contribution in [2.75, 3.05) is 6.54 Å². The van der Waals surface area contributed by atoms with Gasteiger partial charge in [0.05, 0.1) is 23.8 Å². The number of hydrogen-bond acceptors (Lipinski definition) is 5. The molecule has 0 aliphatic carbocycles. The van der Waals surface area contributed by atoms with Crippen molar-refractivity contribution in [3.63, 3.8) is 0 Å². The van der Waals surface area contributed by atoms with Gasteiger partial charge in [-0.3, -0.25) is 4.98 Å². The van der Waals surface area contributed by atoms with Crippen LogP contribution in [0.3, 0.4) is 0 Å². The summed E-state index contributed by atoms with van der Waals surface area (Å²) in [5.41, 5.74) is 0.925. The first-order valence-electron chi connectivity index (χ1n) is 5.76. The Kier molecular flexibility index (Phi) is 4.22. The molecule has 0 bridgehead atoms. The lowest BCUT2D eigenvalue weighted by atomic mass is 10.1. The van der Waals surface area contributed by atoms with Crippen molar-refractivity contribution >= 4 is 11.6 Å². The average Bonchev–Trinajstić information content (AvgIpc) is 2.75. The normalized spacial score (nSPS) is 12.6. The molecule has 0 aliphatic rings. The highest BCUT2D eigenvalue weighted by atomic mass is 35.5. The Balaban J connectivity index is 2.14. The molecule has 0 saturated heterocycles. The van der Waals surface area contributed by atoms with Crippen molar-refractivity contribution in [3.05, 3.63) is 34.9 Å². The predicted octanol–water partition coefficient (Wildman–Crippen LogP) is 1.15. The van der Waals surface area contributed by atoms with Crippen LogP contribution in [0.15, 0.2) is 18.3 Å². The van der Waals surface area contributed by atoms with Crippen LogP contribution in [0.2, 0.25) is 5.02 Å². The van der Waals surface area contributed by atoms with E-state index in [0.717, 1.165) is 12.2 Å². The largest absolute Gasteiger partial charge is 0.309 e. The van der Waals surface area contributed by atoms with Gasteiger partial charge in [-0.15, -0.1) is 10.2 Å². The molecule has 0 aromatic carbocycles. The van der Waals surface area contributed by atoms with E-state index in [-0.39, 0.29) is 6.04 Å². The van der Waals surface area contributed by atoms with Crippen molar-refractivity contribution in [1.29, 1.82) is 0 Å². The van der Waals surface area contributed by atoms with Gasteiger partial charge in [0.15, 0.2) is 5.82 Å². The summed E-state index contributed by atoms with van der Waals surface area (Å²) in [7, 11) is 1.75. The maximum absolute atomic E-state index is 5.84. The minimum atomic E-state index is 0.0662. The Morgan fingerprint density at radius 3 is 2.83 bits per heavy atom. The Bertz CT molecular complexity index is 494. The maximum atomic E-state index is 5.84. The second kappa shape index (κ2) is 5.88. The maximum Gasteiger partial charge on any atom is 0.176 e.